The maximum absolute atomic E-state index is 12.9. The molecule has 4 nitrogen and oxygen atoms in total. The van der Waals surface area contributed by atoms with Gasteiger partial charge in [-0.25, -0.2) is 9.78 Å². The summed E-state index contributed by atoms with van der Waals surface area (Å²) in [6, 6.07) is 5.57. The van der Waals surface area contributed by atoms with Crippen LogP contribution in [-0.2, 0) is 28.9 Å². The van der Waals surface area contributed by atoms with Crippen molar-refractivity contribution in [2.45, 2.75) is 51.4 Å². The summed E-state index contributed by atoms with van der Waals surface area (Å²) in [7, 11) is 0. The van der Waals surface area contributed by atoms with Crippen molar-refractivity contribution in [1.82, 2.24) is 4.98 Å². The van der Waals surface area contributed by atoms with Crippen molar-refractivity contribution in [1.29, 1.82) is 0 Å². The molecule has 0 atom stereocenters. The van der Waals surface area contributed by atoms with Gasteiger partial charge in [-0.3, -0.25) is 4.79 Å². The Bertz CT molecular complexity index is 960. The first-order valence-corrected chi connectivity index (χ1v) is 10.5. The molecular weight excluding hydrogens is 382 g/mol. The molecule has 0 bridgehead atoms. The zero-order valence-electron chi connectivity index (χ0n) is 14.9. The first-order valence-electron chi connectivity index (χ1n) is 9.29. The Morgan fingerprint density at radius 3 is 2.63 bits per heavy atom. The highest BCUT2D eigenvalue weighted by atomic mass is 35.5. The van der Waals surface area contributed by atoms with E-state index in [-0.39, 0.29) is 12.2 Å². The van der Waals surface area contributed by atoms with Crippen LogP contribution in [0.15, 0.2) is 29.3 Å². The number of carboxylic acids is 1. The van der Waals surface area contributed by atoms with Crippen LogP contribution in [0, 0.1) is 0 Å². The van der Waals surface area contributed by atoms with Crippen LogP contribution in [0.1, 0.15) is 47.4 Å². The average molecular weight is 402 g/mol. The van der Waals surface area contributed by atoms with E-state index in [1.165, 1.54) is 10.4 Å². The lowest BCUT2D eigenvalue weighted by Gasteiger charge is -2.13. The number of nitrogens with zero attached hydrogens (tertiary/aromatic N) is 1. The third-order valence-electron chi connectivity index (χ3n) is 5.35. The van der Waals surface area contributed by atoms with Crippen molar-refractivity contribution in [3.63, 3.8) is 0 Å². The number of Topliss-reactive ketones (excluding diaryl/α,β-unsaturated/α-hetero) is 1. The molecule has 2 aliphatic carbocycles. The molecule has 0 saturated heterocycles. The molecule has 27 heavy (non-hydrogen) atoms. The van der Waals surface area contributed by atoms with Gasteiger partial charge in [-0.05, 0) is 62.6 Å². The van der Waals surface area contributed by atoms with Gasteiger partial charge in [-0.2, -0.15) is 0 Å². The van der Waals surface area contributed by atoms with Crippen molar-refractivity contribution >= 4 is 34.7 Å². The Morgan fingerprint density at radius 2 is 1.85 bits per heavy atom. The Kier molecular flexibility index (Phi) is 5.15. The number of aromatic nitrogens is 1. The van der Waals surface area contributed by atoms with Gasteiger partial charge in [0.1, 0.15) is 5.15 Å². The molecule has 6 heteroatoms. The number of ketones is 1. The SMILES string of the molecule is O=C(O)C1=C(C(=O)Cc2sc3c(c2-c2cccc(Cl)n2)CCCC3)CCC1. The molecule has 0 aromatic carbocycles. The number of hydrogen-bond donors (Lipinski definition) is 1. The van der Waals surface area contributed by atoms with Gasteiger partial charge >= 0.3 is 5.97 Å². The van der Waals surface area contributed by atoms with E-state index in [1.54, 1.807) is 17.4 Å². The van der Waals surface area contributed by atoms with Crippen LogP contribution in [0.3, 0.4) is 0 Å². The molecule has 0 spiro atoms. The van der Waals surface area contributed by atoms with Crippen LogP contribution in [0.25, 0.3) is 11.3 Å². The van der Waals surface area contributed by atoms with E-state index in [0.29, 0.717) is 29.1 Å². The van der Waals surface area contributed by atoms with Crippen LogP contribution >= 0.6 is 22.9 Å². The van der Waals surface area contributed by atoms with Crippen LogP contribution in [-0.4, -0.2) is 21.8 Å². The molecule has 2 heterocycles. The number of hydrogen-bond acceptors (Lipinski definition) is 4. The highest BCUT2D eigenvalue weighted by molar-refractivity contribution is 7.12. The lowest BCUT2D eigenvalue weighted by molar-refractivity contribution is -0.133. The lowest BCUT2D eigenvalue weighted by Crippen LogP contribution is -2.10. The van der Waals surface area contributed by atoms with E-state index in [2.05, 4.69) is 4.98 Å². The number of halogens is 1. The average Bonchev–Trinajstić information content (AvgIpc) is 3.26. The fourth-order valence-electron chi connectivity index (χ4n) is 4.13. The molecule has 4 rings (SSSR count). The molecule has 0 aliphatic heterocycles. The fraction of sp³-hybridized carbons (Fsp3) is 0.381. The molecule has 2 aliphatic rings. The fourth-order valence-corrected chi connectivity index (χ4v) is 5.70. The number of carbonyl (C=O) groups excluding carboxylic acids is 1. The lowest BCUT2D eigenvalue weighted by atomic mass is 9.92. The number of pyridine rings is 1. The van der Waals surface area contributed by atoms with Gasteiger partial charge in [0, 0.05) is 32.9 Å². The molecule has 140 valence electrons. The van der Waals surface area contributed by atoms with E-state index < -0.39 is 5.97 Å². The molecule has 2 aromatic heterocycles. The number of fused-ring (bicyclic) bond motifs is 1. The first-order chi connectivity index (χ1) is 13.0. The Balaban J connectivity index is 1.75. The van der Waals surface area contributed by atoms with Gasteiger partial charge in [-0.1, -0.05) is 17.7 Å². The Hall–Kier alpha value is -1.98. The van der Waals surface area contributed by atoms with Crippen LogP contribution in [0.2, 0.25) is 5.15 Å². The summed E-state index contributed by atoms with van der Waals surface area (Å²) < 4.78 is 0. The summed E-state index contributed by atoms with van der Waals surface area (Å²) in [5.74, 6) is -1.02. The molecule has 1 N–H and O–H groups in total. The number of aliphatic carboxylic acids is 1. The summed E-state index contributed by atoms with van der Waals surface area (Å²) in [5, 5.41) is 9.80. The number of allylic oxidation sites excluding steroid dienone is 1. The van der Waals surface area contributed by atoms with Gasteiger partial charge in [0.2, 0.25) is 0 Å². The smallest absolute Gasteiger partial charge is 0.331 e. The zero-order valence-corrected chi connectivity index (χ0v) is 16.5. The van der Waals surface area contributed by atoms with Crippen molar-refractivity contribution < 1.29 is 14.7 Å². The highest BCUT2D eigenvalue weighted by Gasteiger charge is 2.28. The van der Waals surface area contributed by atoms with E-state index in [9.17, 15) is 14.7 Å². The molecule has 0 fully saturated rings. The van der Waals surface area contributed by atoms with Crippen LogP contribution in [0.5, 0.6) is 0 Å². The van der Waals surface area contributed by atoms with E-state index in [0.717, 1.165) is 48.2 Å². The molecule has 0 saturated carbocycles. The normalized spacial score (nSPS) is 16.5. The molecule has 2 aromatic rings. The minimum Gasteiger partial charge on any atom is -0.478 e. The van der Waals surface area contributed by atoms with Gasteiger partial charge in [-0.15, -0.1) is 11.3 Å². The zero-order chi connectivity index (χ0) is 19.0. The Morgan fingerprint density at radius 1 is 1.07 bits per heavy atom. The standard InChI is InChI=1S/C21H20ClNO3S/c22-19-10-4-8-15(23-19)20-14-5-1-2-9-17(14)27-18(20)11-16(24)12-6-3-7-13(12)21(25)26/h4,8,10H,1-3,5-7,9,11H2,(H,25,26). The predicted octanol–water partition coefficient (Wildman–Crippen LogP) is 5.02. The summed E-state index contributed by atoms with van der Waals surface area (Å²) in [5.41, 5.74) is 3.94. The number of thiophene rings is 1. The number of carboxylic acid groups (broad SMARTS) is 1. The number of rotatable bonds is 5. The van der Waals surface area contributed by atoms with Crippen molar-refractivity contribution in [2.24, 2.45) is 0 Å². The monoisotopic (exact) mass is 401 g/mol. The summed E-state index contributed by atoms with van der Waals surface area (Å²) in [6.45, 7) is 0. The highest BCUT2D eigenvalue weighted by Crippen LogP contribution is 2.41. The van der Waals surface area contributed by atoms with Crippen molar-refractivity contribution in [2.75, 3.05) is 0 Å². The van der Waals surface area contributed by atoms with Gasteiger partial charge in [0.15, 0.2) is 5.78 Å². The second-order valence-corrected chi connectivity index (χ2v) is 8.65. The predicted molar refractivity (Wildman–Crippen MR) is 106 cm³/mol. The largest absolute Gasteiger partial charge is 0.478 e. The second kappa shape index (κ2) is 7.56. The maximum atomic E-state index is 12.9. The van der Waals surface area contributed by atoms with E-state index in [1.807, 2.05) is 12.1 Å². The Labute approximate surface area is 166 Å². The third kappa shape index (κ3) is 3.58. The van der Waals surface area contributed by atoms with Gasteiger partial charge < -0.3 is 5.11 Å². The minimum atomic E-state index is -0.960. The maximum Gasteiger partial charge on any atom is 0.331 e. The minimum absolute atomic E-state index is 0.0632. The second-order valence-electron chi connectivity index (χ2n) is 7.07. The van der Waals surface area contributed by atoms with E-state index >= 15 is 0 Å². The van der Waals surface area contributed by atoms with E-state index in [4.69, 9.17) is 11.6 Å². The van der Waals surface area contributed by atoms with Crippen LogP contribution < -0.4 is 0 Å². The van der Waals surface area contributed by atoms with Crippen molar-refractivity contribution in [3.8, 4) is 11.3 Å². The quantitative estimate of drug-likeness (QED) is 0.714. The van der Waals surface area contributed by atoms with Crippen LogP contribution in [0.4, 0.5) is 0 Å². The molecule has 0 radical (unpaired) electrons. The number of aryl methyl sites for hydroxylation is 1. The molecule has 0 amide bonds. The topological polar surface area (TPSA) is 67.3 Å². The summed E-state index contributed by atoms with van der Waals surface area (Å²) in [4.78, 5) is 31.2. The van der Waals surface area contributed by atoms with Crippen molar-refractivity contribution in [3.05, 3.63) is 49.8 Å². The summed E-state index contributed by atoms with van der Waals surface area (Å²) >= 11 is 7.80. The third-order valence-corrected chi connectivity index (χ3v) is 6.85. The number of carbonyl (C=O) groups is 2. The summed E-state index contributed by atoms with van der Waals surface area (Å²) in [6.07, 6.45) is 6.37. The first kappa shape index (κ1) is 18.4. The molecular formula is C21H20ClNO3S. The van der Waals surface area contributed by atoms with Gasteiger partial charge in [0.05, 0.1) is 5.69 Å². The van der Waals surface area contributed by atoms with Gasteiger partial charge in [0.25, 0.3) is 0 Å². The molecule has 0 unspecified atom stereocenters.